The summed E-state index contributed by atoms with van der Waals surface area (Å²) in [5.74, 6) is 1.56. The molecule has 4 rings (SSSR count). The summed E-state index contributed by atoms with van der Waals surface area (Å²) in [6.45, 7) is 3.22. The fraction of sp³-hybridized carbons (Fsp3) is 0.304. The van der Waals surface area contributed by atoms with Crippen molar-refractivity contribution >= 4 is 21.9 Å². The van der Waals surface area contributed by atoms with Gasteiger partial charge in [-0.1, -0.05) is 33.6 Å². The zero-order valence-corrected chi connectivity index (χ0v) is 17.6. The van der Waals surface area contributed by atoms with Gasteiger partial charge in [0, 0.05) is 16.5 Å². The van der Waals surface area contributed by atoms with Gasteiger partial charge >= 0.3 is 5.97 Å². The van der Waals surface area contributed by atoms with E-state index in [1.807, 2.05) is 31.2 Å². The quantitative estimate of drug-likeness (QED) is 0.331. The van der Waals surface area contributed by atoms with Crippen LogP contribution < -0.4 is 9.30 Å². The highest BCUT2D eigenvalue weighted by Crippen LogP contribution is 2.25. The third-order valence-electron chi connectivity index (χ3n) is 5.19. The van der Waals surface area contributed by atoms with E-state index < -0.39 is 0 Å². The molecule has 2 heterocycles. The van der Waals surface area contributed by atoms with Crippen LogP contribution in [0.4, 0.5) is 0 Å². The van der Waals surface area contributed by atoms with Crippen LogP contribution in [0.5, 0.6) is 5.75 Å². The SMILES string of the molecule is Cc1ccc(OC(=O)C[n+]2cc(-c3ccc(Br)cc3)n3c2CCCCC3)cc1. The van der Waals surface area contributed by atoms with Crippen LogP contribution in [-0.2, 0) is 24.3 Å². The van der Waals surface area contributed by atoms with Crippen molar-refractivity contribution in [2.75, 3.05) is 0 Å². The maximum absolute atomic E-state index is 12.6. The van der Waals surface area contributed by atoms with E-state index in [9.17, 15) is 4.79 Å². The highest BCUT2D eigenvalue weighted by Gasteiger charge is 2.27. The Labute approximate surface area is 173 Å². The minimum absolute atomic E-state index is 0.222. The Hall–Kier alpha value is -2.40. The molecule has 0 fully saturated rings. The first-order chi connectivity index (χ1) is 13.6. The van der Waals surface area contributed by atoms with Crippen molar-refractivity contribution in [3.8, 4) is 17.0 Å². The van der Waals surface area contributed by atoms with E-state index in [1.165, 1.54) is 18.7 Å². The number of hydrogen-bond acceptors (Lipinski definition) is 2. The van der Waals surface area contributed by atoms with Gasteiger partial charge in [-0.15, -0.1) is 0 Å². The van der Waals surface area contributed by atoms with Crippen LogP contribution in [0.3, 0.4) is 0 Å². The summed E-state index contributed by atoms with van der Waals surface area (Å²) < 4.78 is 11.1. The molecular weight excluding hydrogens is 416 g/mol. The first-order valence-corrected chi connectivity index (χ1v) is 10.5. The number of halogens is 1. The molecule has 0 unspecified atom stereocenters. The molecule has 0 amide bonds. The molecule has 3 aromatic rings. The van der Waals surface area contributed by atoms with E-state index >= 15 is 0 Å². The number of aromatic nitrogens is 2. The summed E-state index contributed by atoms with van der Waals surface area (Å²) in [6, 6.07) is 15.9. The van der Waals surface area contributed by atoms with Gasteiger partial charge < -0.3 is 4.74 Å². The summed E-state index contributed by atoms with van der Waals surface area (Å²) in [6.07, 6.45) is 6.61. The number of ether oxygens (including phenoxy) is 1. The third kappa shape index (κ3) is 4.20. The van der Waals surface area contributed by atoms with Gasteiger partial charge in [0.25, 0.3) is 5.82 Å². The van der Waals surface area contributed by atoms with Gasteiger partial charge in [-0.25, -0.2) is 13.9 Å². The molecule has 0 spiro atoms. The Kier molecular flexibility index (Phi) is 5.62. The molecule has 1 aliphatic rings. The van der Waals surface area contributed by atoms with Crippen molar-refractivity contribution in [3.63, 3.8) is 0 Å². The van der Waals surface area contributed by atoms with Crippen LogP contribution >= 0.6 is 15.9 Å². The summed E-state index contributed by atoms with van der Waals surface area (Å²) >= 11 is 3.51. The van der Waals surface area contributed by atoms with Crippen LogP contribution in [0.15, 0.2) is 59.2 Å². The summed E-state index contributed by atoms with van der Waals surface area (Å²) in [4.78, 5) is 12.6. The van der Waals surface area contributed by atoms with Crippen LogP contribution in [0, 0.1) is 6.92 Å². The van der Waals surface area contributed by atoms with Crippen molar-refractivity contribution < 1.29 is 14.1 Å². The number of carbonyl (C=O) groups is 1. The molecule has 2 aromatic carbocycles. The standard InChI is InChI=1S/C23H24BrN2O2/c1-17-6-12-20(13-7-17)28-23(27)16-25-15-21(18-8-10-19(24)11-9-18)26-14-4-2-3-5-22(25)26/h6-13,15H,2-5,14,16H2,1H3/q+1. The lowest BCUT2D eigenvalue weighted by atomic mass is 10.1. The lowest BCUT2D eigenvalue weighted by Gasteiger charge is -2.05. The Morgan fingerprint density at radius 3 is 2.57 bits per heavy atom. The maximum Gasteiger partial charge on any atom is 0.353 e. The molecule has 1 aliphatic heterocycles. The maximum atomic E-state index is 12.6. The van der Waals surface area contributed by atoms with Crippen molar-refractivity contribution in [3.05, 3.63) is 70.6 Å². The van der Waals surface area contributed by atoms with Gasteiger partial charge in [-0.2, -0.15) is 0 Å². The first kappa shape index (κ1) is 18.9. The van der Waals surface area contributed by atoms with E-state index in [1.54, 1.807) is 0 Å². The Bertz CT molecular complexity index is 975. The molecular formula is C23H24BrN2O2+. The third-order valence-corrected chi connectivity index (χ3v) is 5.71. The number of carbonyl (C=O) groups excluding carboxylic acids is 1. The van der Waals surface area contributed by atoms with Crippen LogP contribution in [0.1, 0.15) is 30.7 Å². The van der Waals surface area contributed by atoms with Crippen LogP contribution in [0.2, 0.25) is 0 Å². The van der Waals surface area contributed by atoms with E-state index in [2.05, 4.69) is 55.5 Å². The Balaban J connectivity index is 1.62. The minimum atomic E-state index is -0.242. The molecule has 0 N–H and O–H groups in total. The number of rotatable bonds is 4. The highest BCUT2D eigenvalue weighted by atomic mass is 79.9. The van der Waals surface area contributed by atoms with Crippen molar-refractivity contribution in [2.24, 2.45) is 0 Å². The number of aryl methyl sites for hydroxylation is 1. The zero-order chi connectivity index (χ0) is 19.5. The van der Waals surface area contributed by atoms with Gasteiger partial charge in [0.1, 0.15) is 11.9 Å². The normalized spacial score (nSPS) is 13.6. The number of nitrogens with zero attached hydrogens (tertiary/aromatic N) is 2. The predicted octanol–water partition coefficient (Wildman–Crippen LogP) is 4.85. The fourth-order valence-electron chi connectivity index (χ4n) is 3.74. The molecule has 5 heteroatoms. The smallest absolute Gasteiger partial charge is 0.353 e. The number of esters is 1. The fourth-order valence-corrected chi connectivity index (χ4v) is 4.01. The van der Waals surface area contributed by atoms with Crippen molar-refractivity contribution in [1.82, 2.24) is 4.57 Å². The van der Waals surface area contributed by atoms with E-state index in [4.69, 9.17) is 4.74 Å². The average molecular weight is 440 g/mol. The number of hydrogen-bond donors (Lipinski definition) is 0. The second kappa shape index (κ2) is 8.31. The number of imidazole rings is 1. The molecule has 1 aromatic heterocycles. The predicted molar refractivity (Wildman–Crippen MR) is 112 cm³/mol. The summed E-state index contributed by atoms with van der Waals surface area (Å²) in [5, 5.41) is 0. The lowest BCUT2D eigenvalue weighted by molar-refractivity contribution is -0.692. The molecule has 0 saturated heterocycles. The summed E-state index contributed by atoms with van der Waals surface area (Å²) in [7, 11) is 0. The molecule has 144 valence electrons. The zero-order valence-electron chi connectivity index (χ0n) is 16.0. The summed E-state index contributed by atoms with van der Waals surface area (Å²) in [5.41, 5.74) is 3.47. The van der Waals surface area contributed by atoms with Crippen LogP contribution in [0.25, 0.3) is 11.3 Å². The molecule has 0 aliphatic carbocycles. The molecule has 28 heavy (non-hydrogen) atoms. The number of benzene rings is 2. The highest BCUT2D eigenvalue weighted by molar-refractivity contribution is 9.10. The lowest BCUT2D eigenvalue weighted by Crippen LogP contribution is -2.42. The molecule has 0 radical (unpaired) electrons. The first-order valence-electron chi connectivity index (χ1n) is 9.75. The van der Waals surface area contributed by atoms with E-state index in [0.717, 1.165) is 40.7 Å². The van der Waals surface area contributed by atoms with Gasteiger partial charge in [-0.05, 0) is 62.6 Å². The second-order valence-corrected chi connectivity index (χ2v) is 8.23. The van der Waals surface area contributed by atoms with Crippen LogP contribution in [-0.4, -0.2) is 10.5 Å². The molecule has 0 saturated carbocycles. The van der Waals surface area contributed by atoms with Gasteiger partial charge in [0.2, 0.25) is 0 Å². The van der Waals surface area contributed by atoms with Crippen molar-refractivity contribution in [1.29, 1.82) is 0 Å². The second-order valence-electron chi connectivity index (χ2n) is 7.31. The minimum Gasteiger partial charge on any atom is -0.424 e. The van der Waals surface area contributed by atoms with Gasteiger partial charge in [-0.3, -0.25) is 0 Å². The molecule has 4 nitrogen and oxygen atoms in total. The van der Waals surface area contributed by atoms with Gasteiger partial charge in [0.05, 0.1) is 6.54 Å². The number of fused-ring (bicyclic) bond motifs is 1. The molecule has 0 bridgehead atoms. The average Bonchev–Trinajstić information content (AvgIpc) is 2.86. The monoisotopic (exact) mass is 439 g/mol. The topological polar surface area (TPSA) is 35.1 Å². The van der Waals surface area contributed by atoms with E-state index in [-0.39, 0.29) is 12.5 Å². The largest absolute Gasteiger partial charge is 0.424 e. The molecule has 0 atom stereocenters. The Morgan fingerprint density at radius 1 is 1.07 bits per heavy atom. The van der Waals surface area contributed by atoms with Gasteiger partial charge in [0.15, 0.2) is 12.2 Å². The van der Waals surface area contributed by atoms with Crippen molar-refractivity contribution in [2.45, 2.75) is 45.7 Å². The van der Waals surface area contributed by atoms with E-state index in [0.29, 0.717) is 5.75 Å². The Morgan fingerprint density at radius 2 is 1.82 bits per heavy atom.